The van der Waals surface area contributed by atoms with Crippen LogP contribution < -0.4 is 10.6 Å². The second-order valence-electron chi connectivity index (χ2n) is 13.5. The van der Waals surface area contributed by atoms with Crippen LogP contribution >= 0.6 is 0 Å². The van der Waals surface area contributed by atoms with Gasteiger partial charge in [0.15, 0.2) is 0 Å². The van der Waals surface area contributed by atoms with Gasteiger partial charge in [0.25, 0.3) is 0 Å². The van der Waals surface area contributed by atoms with Crippen molar-refractivity contribution in [2.75, 3.05) is 27.3 Å². The number of aromatic nitrogens is 4. The van der Waals surface area contributed by atoms with E-state index in [1.54, 1.807) is 22.2 Å². The molecule has 1 aromatic carbocycles. The van der Waals surface area contributed by atoms with E-state index in [2.05, 4.69) is 54.3 Å². The first kappa shape index (κ1) is 37.5. The van der Waals surface area contributed by atoms with Crippen LogP contribution in [0.2, 0.25) is 0 Å². The Morgan fingerprint density at radius 3 is 1.77 bits per heavy atom. The molecule has 0 unspecified atom stereocenters. The van der Waals surface area contributed by atoms with Gasteiger partial charge in [-0.1, -0.05) is 45.7 Å². The van der Waals surface area contributed by atoms with Gasteiger partial charge in [-0.15, -0.1) is 0 Å². The largest absolute Gasteiger partial charge is 0.453 e. The summed E-state index contributed by atoms with van der Waals surface area (Å²) in [7, 11) is 2.55. The normalized spacial score (nSPS) is 17.8. The molecule has 2 fully saturated rings. The van der Waals surface area contributed by atoms with Gasteiger partial charge in [0.2, 0.25) is 11.8 Å². The zero-order chi connectivity index (χ0) is 37.4. The van der Waals surface area contributed by atoms with Gasteiger partial charge in [0.05, 0.1) is 44.4 Å². The van der Waals surface area contributed by atoms with E-state index < -0.39 is 24.3 Å². The van der Waals surface area contributed by atoms with Crippen LogP contribution in [0.4, 0.5) is 9.59 Å². The van der Waals surface area contributed by atoms with Crippen LogP contribution in [-0.4, -0.2) is 93.1 Å². The molecule has 14 nitrogen and oxygen atoms in total. The number of methoxy groups -OCH3 is 2. The minimum atomic E-state index is -0.703. The quantitative estimate of drug-likeness (QED) is 0.238. The van der Waals surface area contributed by atoms with Crippen molar-refractivity contribution in [2.45, 2.75) is 77.5 Å². The fourth-order valence-corrected chi connectivity index (χ4v) is 6.54. The molecule has 2 aliphatic rings. The van der Waals surface area contributed by atoms with E-state index in [0.717, 1.165) is 42.5 Å². The predicted octanol–water partition coefficient (Wildman–Crippen LogP) is 4.29. The molecule has 0 radical (unpaired) electrons. The summed E-state index contributed by atoms with van der Waals surface area (Å²) >= 11 is 0. The Bertz CT molecular complexity index is 1880. The highest BCUT2D eigenvalue weighted by atomic mass is 16.5. The van der Waals surface area contributed by atoms with Gasteiger partial charge in [0, 0.05) is 18.7 Å². The van der Waals surface area contributed by atoms with Crippen molar-refractivity contribution in [2.24, 2.45) is 11.8 Å². The third kappa shape index (κ3) is 8.75. The SMILES string of the molecule is COC(=O)N[C@H](C(=O)N1CCC[C@H]1c1ncc(-c2ccc(C#CC#Cc3cnc([C@@H]4CCCN4C(=O)[C@H](NC(=O)OC)C(C)C)[nH]3)cc2)[nH]1)C(C)C. The number of hydrogen-bond acceptors (Lipinski definition) is 8. The average molecular weight is 711 g/mol. The molecule has 0 spiro atoms. The lowest BCUT2D eigenvalue weighted by atomic mass is 10.0. The Labute approximate surface area is 303 Å². The van der Waals surface area contributed by atoms with Crippen LogP contribution in [0.25, 0.3) is 11.3 Å². The Balaban J connectivity index is 1.20. The summed E-state index contributed by atoms with van der Waals surface area (Å²) in [5, 5.41) is 5.33. The van der Waals surface area contributed by atoms with E-state index in [-0.39, 0.29) is 35.7 Å². The van der Waals surface area contributed by atoms with Crippen LogP contribution in [-0.2, 0) is 19.1 Å². The zero-order valence-corrected chi connectivity index (χ0v) is 30.4. The molecule has 0 aliphatic carbocycles. The molecule has 5 rings (SSSR count). The fraction of sp³-hybridized carbons (Fsp3) is 0.474. The summed E-state index contributed by atoms with van der Waals surface area (Å²) in [5.74, 6) is 12.6. The van der Waals surface area contributed by atoms with E-state index in [9.17, 15) is 19.2 Å². The maximum absolute atomic E-state index is 13.4. The minimum Gasteiger partial charge on any atom is -0.453 e. The van der Waals surface area contributed by atoms with Crippen LogP contribution in [0.15, 0.2) is 36.7 Å². The maximum Gasteiger partial charge on any atom is 0.407 e. The Kier molecular flexibility index (Phi) is 12.2. The van der Waals surface area contributed by atoms with Gasteiger partial charge < -0.3 is 39.9 Å². The minimum absolute atomic E-state index is 0.111. The van der Waals surface area contributed by atoms with Crippen molar-refractivity contribution in [3.8, 4) is 34.9 Å². The van der Waals surface area contributed by atoms with Crippen LogP contribution in [0.5, 0.6) is 0 Å². The third-order valence-electron chi connectivity index (χ3n) is 9.34. The second-order valence-corrected chi connectivity index (χ2v) is 13.5. The van der Waals surface area contributed by atoms with Crippen molar-refractivity contribution in [1.82, 2.24) is 40.4 Å². The smallest absolute Gasteiger partial charge is 0.407 e. The highest BCUT2D eigenvalue weighted by molar-refractivity contribution is 5.87. The zero-order valence-electron chi connectivity index (χ0n) is 30.4. The first-order valence-corrected chi connectivity index (χ1v) is 17.5. The Morgan fingerprint density at radius 2 is 1.25 bits per heavy atom. The molecular formula is C38H46N8O6. The molecule has 2 aromatic heterocycles. The molecule has 0 bridgehead atoms. The first-order chi connectivity index (χ1) is 25.0. The van der Waals surface area contributed by atoms with Crippen molar-refractivity contribution in [1.29, 1.82) is 0 Å². The summed E-state index contributed by atoms with van der Waals surface area (Å²) in [6.07, 6.45) is 5.30. The molecule has 52 heavy (non-hydrogen) atoms. The molecule has 4 amide bonds. The van der Waals surface area contributed by atoms with E-state index in [1.165, 1.54) is 14.2 Å². The maximum atomic E-state index is 13.4. The molecule has 4 atom stereocenters. The van der Waals surface area contributed by atoms with Crippen LogP contribution in [0, 0.1) is 35.5 Å². The molecule has 0 saturated carbocycles. The number of aromatic amines is 2. The number of alkyl carbamates (subject to hydrolysis) is 2. The molecule has 14 heteroatoms. The summed E-state index contributed by atoms with van der Waals surface area (Å²) in [6.45, 7) is 8.68. The number of rotatable bonds is 9. The summed E-state index contributed by atoms with van der Waals surface area (Å²) in [5.41, 5.74) is 3.11. The second kappa shape index (κ2) is 17.0. The standard InChI is InChI=1S/C38H46N8O6/c1-23(2)31(43-37(49)51-5)35(47)45-19-9-13-29(45)33-39-21-27(41-33)12-8-7-11-25-15-17-26(18-16-25)28-22-40-34(42-28)30-14-10-20-46(30)36(48)32(24(3)4)44-38(50)52-6/h15-18,21-24,29-32H,9-10,13-14,19-20H2,1-6H3,(H,39,41)(H,40,42)(H,43,49)(H,44,50)/t29-,30-,31+,32-/m0/s1. The number of nitrogens with one attached hydrogen (secondary N) is 4. The number of ether oxygens (including phenoxy) is 2. The number of carbonyl (C=O) groups is 4. The van der Waals surface area contributed by atoms with E-state index in [0.29, 0.717) is 30.4 Å². The predicted molar refractivity (Wildman–Crippen MR) is 192 cm³/mol. The molecule has 4 heterocycles. The summed E-state index contributed by atoms with van der Waals surface area (Å²) in [6, 6.07) is 5.84. The van der Waals surface area contributed by atoms with Crippen molar-refractivity contribution < 1.29 is 28.7 Å². The third-order valence-corrected chi connectivity index (χ3v) is 9.34. The van der Waals surface area contributed by atoms with Gasteiger partial charge in [-0.25, -0.2) is 19.6 Å². The van der Waals surface area contributed by atoms with Crippen molar-refractivity contribution in [3.05, 3.63) is 59.6 Å². The number of amides is 4. The van der Waals surface area contributed by atoms with E-state index in [1.807, 2.05) is 52.0 Å². The highest BCUT2D eigenvalue weighted by Crippen LogP contribution is 2.33. The number of nitrogens with zero attached hydrogens (tertiary/aromatic N) is 4. The summed E-state index contributed by atoms with van der Waals surface area (Å²) in [4.78, 5) is 69.8. The number of likely N-dealkylation sites (tertiary alicyclic amines) is 2. The van der Waals surface area contributed by atoms with Gasteiger partial charge >= 0.3 is 12.2 Å². The number of carbonyl (C=O) groups excluding carboxylic acids is 4. The van der Waals surface area contributed by atoms with Gasteiger partial charge in [-0.05, 0) is 73.0 Å². The number of hydrogen-bond donors (Lipinski definition) is 4. The average Bonchev–Trinajstić information content (AvgIpc) is 3.97. The molecular weight excluding hydrogens is 664 g/mol. The van der Waals surface area contributed by atoms with E-state index >= 15 is 0 Å². The topological polar surface area (TPSA) is 175 Å². The monoisotopic (exact) mass is 710 g/mol. The summed E-state index contributed by atoms with van der Waals surface area (Å²) < 4.78 is 9.44. The number of imidazole rings is 2. The Morgan fingerprint density at radius 1 is 0.750 bits per heavy atom. The molecule has 3 aromatic rings. The molecule has 2 saturated heterocycles. The van der Waals surface area contributed by atoms with E-state index in [4.69, 9.17) is 9.47 Å². The molecule has 2 aliphatic heterocycles. The lowest BCUT2D eigenvalue weighted by Crippen LogP contribution is -2.51. The molecule has 4 N–H and O–H groups in total. The Hall–Kier alpha value is -5.76. The molecule has 274 valence electrons. The lowest BCUT2D eigenvalue weighted by molar-refractivity contribution is -0.136. The van der Waals surface area contributed by atoms with Gasteiger partial charge in [0.1, 0.15) is 29.4 Å². The van der Waals surface area contributed by atoms with Crippen LogP contribution in [0.3, 0.4) is 0 Å². The van der Waals surface area contributed by atoms with Crippen LogP contribution in [0.1, 0.15) is 88.4 Å². The van der Waals surface area contributed by atoms with Crippen molar-refractivity contribution in [3.63, 3.8) is 0 Å². The first-order valence-electron chi connectivity index (χ1n) is 17.5. The van der Waals surface area contributed by atoms with Crippen molar-refractivity contribution >= 4 is 24.0 Å². The van der Waals surface area contributed by atoms with Gasteiger partial charge in [-0.2, -0.15) is 0 Å². The highest BCUT2D eigenvalue weighted by Gasteiger charge is 2.38. The van der Waals surface area contributed by atoms with Gasteiger partial charge in [-0.3, -0.25) is 9.59 Å². The number of H-pyrrole nitrogens is 2. The fourth-order valence-electron chi connectivity index (χ4n) is 6.54. The lowest BCUT2D eigenvalue weighted by Gasteiger charge is -2.30. The number of benzene rings is 1.